The molecule has 0 bridgehead atoms. The van der Waals surface area contributed by atoms with Crippen LogP contribution in [0.4, 0.5) is 0 Å². The highest BCUT2D eigenvalue weighted by molar-refractivity contribution is 7.86. The van der Waals surface area contributed by atoms with Gasteiger partial charge < -0.3 is 9.80 Å². The van der Waals surface area contributed by atoms with Gasteiger partial charge in [0.2, 0.25) is 5.91 Å². The summed E-state index contributed by atoms with van der Waals surface area (Å²) in [7, 11) is -0.269. The molecular formula is C15H31N5O3S. The van der Waals surface area contributed by atoms with Crippen LogP contribution in [0.1, 0.15) is 13.8 Å². The Labute approximate surface area is 146 Å². The Bertz CT molecular complexity index is 523. The quantitative estimate of drug-likeness (QED) is 0.626. The summed E-state index contributed by atoms with van der Waals surface area (Å²) in [4.78, 5) is 19.1. The standard InChI is InChI=1S/C15H31N5O3S/c1-5-17-6-8-19(9-7-17)15(21)14(2)18-10-12-20(13-11-18)24(22,23)16(3)4/h14H,5-13H2,1-4H3. The van der Waals surface area contributed by atoms with Crippen LogP contribution >= 0.6 is 0 Å². The monoisotopic (exact) mass is 361 g/mol. The van der Waals surface area contributed by atoms with Crippen molar-refractivity contribution in [3.05, 3.63) is 0 Å². The van der Waals surface area contributed by atoms with Gasteiger partial charge in [0, 0.05) is 66.5 Å². The fourth-order valence-electron chi connectivity index (χ4n) is 3.26. The molecule has 2 saturated heterocycles. The van der Waals surface area contributed by atoms with Crippen molar-refractivity contribution in [2.24, 2.45) is 0 Å². The molecule has 1 unspecified atom stereocenters. The lowest BCUT2D eigenvalue weighted by Gasteiger charge is -2.40. The van der Waals surface area contributed by atoms with Gasteiger partial charge in [0.1, 0.15) is 0 Å². The van der Waals surface area contributed by atoms with Crippen molar-refractivity contribution in [1.82, 2.24) is 23.3 Å². The normalized spacial score (nSPS) is 23.6. The summed E-state index contributed by atoms with van der Waals surface area (Å²) in [5.41, 5.74) is 0. The Kier molecular flexibility index (Phi) is 6.60. The molecule has 24 heavy (non-hydrogen) atoms. The van der Waals surface area contributed by atoms with Crippen LogP contribution in [0.2, 0.25) is 0 Å². The van der Waals surface area contributed by atoms with Gasteiger partial charge in [0.05, 0.1) is 6.04 Å². The first-order valence-corrected chi connectivity index (χ1v) is 10.1. The Morgan fingerprint density at radius 2 is 1.54 bits per heavy atom. The lowest BCUT2D eigenvalue weighted by atomic mass is 10.2. The summed E-state index contributed by atoms with van der Waals surface area (Å²) in [5.74, 6) is 0.162. The Balaban J connectivity index is 1.86. The van der Waals surface area contributed by atoms with Gasteiger partial charge in [-0.3, -0.25) is 9.69 Å². The fraction of sp³-hybridized carbons (Fsp3) is 0.933. The van der Waals surface area contributed by atoms with Crippen LogP contribution in [-0.2, 0) is 15.0 Å². The molecule has 0 spiro atoms. The molecule has 0 radical (unpaired) electrons. The predicted molar refractivity (Wildman–Crippen MR) is 93.9 cm³/mol. The summed E-state index contributed by atoms with van der Waals surface area (Å²) in [5, 5.41) is 0. The molecule has 0 saturated carbocycles. The first-order chi connectivity index (χ1) is 11.3. The van der Waals surface area contributed by atoms with Gasteiger partial charge in [-0.15, -0.1) is 0 Å². The maximum Gasteiger partial charge on any atom is 0.281 e. The van der Waals surface area contributed by atoms with Crippen molar-refractivity contribution in [1.29, 1.82) is 0 Å². The van der Waals surface area contributed by atoms with E-state index in [1.54, 1.807) is 14.1 Å². The van der Waals surface area contributed by atoms with Crippen molar-refractivity contribution >= 4 is 16.1 Å². The third-order valence-electron chi connectivity index (χ3n) is 5.10. The van der Waals surface area contributed by atoms with Crippen LogP contribution in [0.25, 0.3) is 0 Å². The number of carbonyl (C=O) groups is 1. The third-order valence-corrected chi connectivity index (χ3v) is 7.04. The van der Waals surface area contributed by atoms with Crippen molar-refractivity contribution in [3.63, 3.8) is 0 Å². The first kappa shape index (κ1) is 19.6. The molecule has 1 amide bonds. The Morgan fingerprint density at radius 3 is 2.00 bits per heavy atom. The molecule has 0 aromatic heterocycles. The topological polar surface area (TPSA) is 67.4 Å². The number of hydrogen-bond acceptors (Lipinski definition) is 5. The number of amides is 1. The molecule has 140 valence electrons. The summed E-state index contributed by atoms with van der Waals surface area (Å²) in [6, 6.07) is -0.192. The number of hydrogen-bond donors (Lipinski definition) is 0. The molecule has 2 rings (SSSR count). The molecule has 0 aliphatic carbocycles. The number of rotatable bonds is 5. The molecule has 1 atom stereocenters. The van der Waals surface area contributed by atoms with Crippen LogP contribution in [0.5, 0.6) is 0 Å². The van der Waals surface area contributed by atoms with Gasteiger partial charge in [0.15, 0.2) is 0 Å². The molecule has 9 heteroatoms. The van der Waals surface area contributed by atoms with E-state index in [9.17, 15) is 13.2 Å². The van der Waals surface area contributed by atoms with E-state index in [2.05, 4.69) is 16.7 Å². The minimum atomic E-state index is -3.36. The average Bonchev–Trinajstić information content (AvgIpc) is 2.60. The Morgan fingerprint density at radius 1 is 1.00 bits per heavy atom. The van der Waals surface area contributed by atoms with Crippen LogP contribution in [0.3, 0.4) is 0 Å². The fourth-order valence-corrected chi connectivity index (χ4v) is 4.34. The van der Waals surface area contributed by atoms with Gasteiger partial charge in [-0.25, -0.2) is 0 Å². The molecule has 8 nitrogen and oxygen atoms in total. The van der Waals surface area contributed by atoms with Gasteiger partial charge in [-0.1, -0.05) is 6.92 Å². The zero-order valence-corrected chi connectivity index (χ0v) is 16.1. The van der Waals surface area contributed by atoms with E-state index in [1.807, 2.05) is 11.8 Å². The number of piperazine rings is 2. The predicted octanol–water partition coefficient (Wildman–Crippen LogP) is -1.04. The van der Waals surface area contributed by atoms with Crippen molar-refractivity contribution in [3.8, 4) is 0 Å². The zero-order chi connectivity index (χ0) is 17.9. The largest absolute Gasteiger partial charge is 0.339 e. The summed E-state index contributed by atoms with van der Waals surface area (Å²) in [6.07, 6.45) is 0. The van der Waals surface area contributed by atoms with Crippen molar-refractivity contribution in [2.45, 2.75) is 19.9 Å². The van der Waals surface area contributed by atoms with Crippen LogP contribution in [-0.4, -0.2) is 117 Å². The summed E-state index contributed by atoms with van der Waals surface area (Å²) < 4.78 is 27.0. The SMILES string of the molecule is CCN1CCN(C(=O)C(C)N2CCN(S(=O)(=O)N(C)C)CC2)CC1. The highest BCUT2D eigenvalue weighted by Gasteiger charge is 2.33. The summed E-state index contributed by atoms with van der Waals surface area (Å²) in [6.45, 7) is 10.6. The van der Waals surface area contributed by atoms with Gasteiger partial charge >= 0.3 is 0 Å². The van der Waals surface area contributed by atoms with E-state index in [0.717, 1.165) is 32.7 Å². The minimum absolute atomic E-state index is 0.162. The maximum absolute atomic E-state index is 12.7. The van der Waals surface area contributed by atoms with E-state index in [1.165, 1.54) is 8.61 Å². The third kappa shape index (κ3) is 4.26. The lowest BCUT2D eigenvalue weighted by molar-refractivity contribution is -0.138. The van der Waals surface area contributed by atoms with Gasteiger partial charge in [0.25, 0.3) is 10.2 Å². The second kappa shape index (κ2) is 8.09. The molecule has 2 heterocycles. The Hall–Kier alpha value is -0.740. The first-order valence-electron chi connectivity index (χ1n) is 8.70. The van der Waals surface area contributed by atoms with E-state index >= 15 is 0 Å². The smallest absolute Gasteiger partial charge is 0.281 e. The van der Waals surface area contributed by atoms with Crippen LogP contribution in [0, 0.1) is 0 Å². The second-order valence-corrected chi connectivity index (χ2v) is 8.80. The molecule has 0 N–H and O–H groups in total. The van der Waals surface area contributed by atoms with E-state index in [0.29, 0.717) is 26.2 Å². The number of likely N-dealkylation sites (N-methyl/N-ethyl adjacent to an activating group) is 1. The van der Waals surface area contributed by atoms with E-state index in [-0.39, 0.29) is 11.9 Å². The summed E-state index contributed by atoms with van der Waals surface area (Å²) >= 11 is 0. The highest BCUT2D eigenvalue weighted by Crippen LogP contribution is 2.14. The molecule has 2 aliphatic heterocycles. The van der Waals surface area contributed by atoms with Crippen LogP contribution in [0.15, 0.2) is 0 Å². The zero-order valence-electron chi connectivity index (χ0n) is 15.3. The molecule has 0 aromatic rings. The molecule has 2 aliphatic rings. The van der Waals surface area contributed by atoms with E-state index in [4.69, 9.17) is 0 Å². The van der Waals surface area contributed by atoms with Gasteiger partial charge in [-0.2, -0.15) is 17.0 Å². The maximum atomic E-state index is 12.7. The molecule has 2 fully saturated rings. The van der Waals surface area contributed by atoms with E-state index < -0.39 is 10.2 Å². The second-order valence-electron chi connectivity index (χ2n) is 6.66. The van der Waals surface area contributed by atoms with Crippen molar-refractivity contribution < 1.29 is 13.2 Å². The lowest BCUT2D eigenvalue weighted by Crippen LogP contribution is -2.58. The minimum Gasteiger partial charge on any atom is -0.339 e. The number of nitrogens with zero attached hydrogens (tertiary/aromatic N) is 5. The molecular weight excluding hydrogens is 330 g/mol. The van der Waals surface area contributed by atoms with Crippen LogP contribution < -0.4 is 0 Å². The number of carbonyl (C=O) groups excluding carboxylic acids is 1. The van der Waals surface area contributed by atoms with Crippen molar-refractivity contribution in [2.75, 3.05) is 73.0 Å². The van der Waals surface area contributed by atoms with Gasteiger partial charge in [-0.05, 0) is 13.5 Å². The molecule has 0 aromatic carbocycles. The average molecular weight is 362 g/mol. The highest BCUT2D eigenvalue weighted by atomic mass is 32.2.